The number of halogens is 1. The van der Waals surface area contributed by atoms with E-state index in [1.807, 2.05) is 6.07 Å². The van der Waals surface area contributed by atoms with Crippen molar-refractivity contribution in [3.05, 3.63) is 65.9 Å². The van der Waals surface area contributed by atoms with Gasteiger partial charge in [-0.25, -0.2) is 4.39 Å². The van der Waals surface area contributed by atoms with Crippen molar-refractivity contribution < 1.29 is 14.0 Å². The van der Waals surface area contributed by atoms with Crippen LogP contribution in [0.25, 0.3) is 11.3 Å². The van der Waals surface area contributed by atoms with Crippen molar-refractivity contribution >= 4 is 17.5 Å². The van der Waals surface area contributed by atoms with Crippen molar-refractivity contribution in [1.82, 2.24) is 20.1 Å². The van der Waals surface area contributed by atoms with Gasteiger partial charge in [-0.1, -0.05) is 0 Å². The third-order valence-electron chi connectivity index (χ3n) is 4.87. The molecule has 0 atom stereocenters. The molecule has 0 aliphatic carbocycles. The maximum atomic E-state index is 13.1. The second-order valence-electron chi connectivity index (χ2n) is 6.93. The van der Waals surface area contributed by atoms with Crippen LogP contribution in [0.2, 0.25) is 0 Å². The Morgan fingerprint density at radius 2 is 2.00 bits per heavy atom. The molecule has 2 amide bonds. The first kappa shape index (κ1) is 18.8. The zero-order valence-corrected chi connectivity index (χ0v) is 15.9. The SMILES string of the molecule is Cn1nc(-c2ccc(F)cc2)cc1C(=O)NCc1cncc(N2CCCC2=O)c1. The van der Waals surface area contributed by atoms with E-state index in [2.05, 4.69) is 15.4 Å². The predicted octanol–water partition coefficient (Wildman–Crippen LogP) is 2.68. The van der Waals surface area contributed by atoms with Crippen molar-refractivity contribution in [2.24, 2.45) is 7.05 Å². The number of aromatic nitrogens is 3. The number of benzene rings is 1. The summed E-state index contributed by atoms with van der Waals surface area (Å²) in [5.41, 5.74) is 3.26. The lowest BCUT2D eigenvalue weighted by molar-refractivity contribution is -0.117. The van der Waals surface area contributed by atoms with Gasteiger partial charge in [-0.15, -0.1) is 0 Å². The van der Waals surface area contributed by atoms with E-state index < -0.39 is 0 Å². The van der Waals surface area contributed by atoms with E-state index in [-0.39, 0.29) is 24.2 Å². The summed E-state index contributed by atoms with van der Waals surface area (Å²) in [6.07, 6.45) is 4.72. The molecule has 0 bridgehead atoms. The van der Waals surface area contributed by atoms with Gasteiger partial charge in [0.05, 0.1) is 17.6 Å². The number of nitrogens with zero attached hydrogens (tertiary/aromatic N) is 4. The molecule has 1 N–H and O–H groups in total. The number of hydrogen-bond donors (Lipinski definition) is 1. The molecule has 29 heavy (non-hydrogen) atoms. The van der Waals surface area contributed by atoms with Gasteiger partial charge < -0.3 is 10.2 Å². The zero-order valence-electron chi connectivity index (χ0n) is 15.9. The molecule has 8 heteroatoms. The van der Waals surface area contributed by atoms with Gasteiger partial charge in [-0.05, 0) is 48.4 Å². The highest BCUT2D eigenvalue weighted by molar-refractivity contribution is 5.95. The van der Waals surface area contributed by atoms with Crippen LogP contribution in [0.5, 0.6) is 0 Å². The van der Waals surface area contributed by atoms with E-state index in [1.54, 1.807) is 42.5 Å². The number of rotatable bonds is 5. The Labute approximate surface area is 167 Å². The number of aryl methyl sites for hydroxylation is 1. The highest BCUT2D eigenvalue weighted by Crippen LogP contribution is 2.22. The van der Waals surface area contributed by atoms with Crippen LogP contribution in [0.1, 0.15) is 28.9 Å². The van der Waals surface area contributed by atoms with Gasteiger partial charge in [-0.3, -0.25) is 19.3 Å². The highest BCUT2D eigenvalue weighted by Gasteiger charge is 2.22. The quantitative estimate of drug-likeness (QED) is 0.723. The van der Waals surface area contributed by atoms with Crippen LogP contribution in [-0.4, -0.2) is 33.1 Å². The number of hydrogen-bond acceptors (Lipinski definition) is 4. The number of carbonyl (C=O) groups excluding carboxylic acids is 2. The summed E-state index contributed by atoms with van der Waals surface area (Å²) in [5.74, 6) is -0.513. The molecule has 0 radical (unpaired) electrons. The predicted molar refractivity (Wildman–Crippen MR) is 106 cm³/mol. The molecule has 0 unspecified atom stereocenters. The molecule has 1 aliphatic rings. The van der Waals surface area contributed by atoms with Crippen LogP contribution in [0, 0.1) is 5.82 Å². The van der Waals surface area contributed by atoms with Gasteiger partial charge in [0, 0.05) is 38.3 Å². The lowest BCUT2D eigenvalue weighted by Gasteiger charge is -2.16. The van der Waals surface area contributed by atoms with Crippen LogP contribution < -0.4 is 10.2 Å². The molecule has 1 saturated heterocycles. The molecule has 1 fully saturated rings. The van der Waals surface area contributed by atoms with E-state index in [0.717, 1.165) is 23.2 Å². The summed E-state index contributed by atoms with van der Waals surface area (Å²) in [6, 6.07) is 9.49. The Morgan fingerprint density at radius 1 is 1.21 bits per heavy atom. The lowest BCUT2D eigenvalue weighted by atomic mass is 10.1. The van der Waals surface area contributed by atoms with Crippen LogP contribution >= 0.6 is 0 Å². The first-order valence-electron chi connectivity index (χ1n) is 9.34. The van der Waals surface area contributed by atoms with E-state index in [1.165, 1.54) is 16.8 Å². The molecule has 0 spiro atoms. The van der Waals surface area contributed by atoms with Crippen LogP contribution in [0.4, 0.5) is 10.1 Å². The Balaban J connectivity index is 1.45. The number of carbonyl (C=O) groups is 2. The minimum Gasteiger partial charge on any atom is -0.347 e. The van der Waals surface area contributed by atoms with Crippen molar-refractivity contribution in [3.63, 3.8) is 0 Å². The van der Waals surface area contributed by atoms with Crippen molar-refractivity contribution in [2.75, 3.05) is 11.4 Å². The second-order valence-corrected chi connectivity index (χ2v) is 6.93. The smallest absolute Gasteiger partial charge is 0.269 e. The molecule has 7 nitrogen and oxygen atoms in total. The van der Waals surface area contributed by atoms with Gasteiger partial charge in [0.25, 0.3) is 5.91 Å². The summed E-state index contributed by atoms with van der Waals surface area (Å²) in [4.78, 5) is 30.4. The van der Waals surface area contributed by atoms with Crippen LogP contribution in [0.15, 0.2) is 48.8 Å². The highest BCUT2D eigenvalue weighted by atomic mass is 19.1. The van der Waals surface area contributed by atoms with Crippen LogP contribution in [0.3, 0.4) is 0 Å². The molecule has 3 aromatic rings. The molecule has 1 aliphatic heterocycles. The fraction of sp³-hybridized carbons (Fsp3) is 0.238. The Bertz CT molecular complexity index is 1060. The monoisotopic (exact) mass is 393 g/mol. The molecule has 1 aromatic carbocycles. The Kier molecular flexibility index (Phi) is 5.07. The number of pyridine rings is 1. The number of amides is 2. The van der Waals surface area contributed by atoms with Gasteiger partial charge in [0.1, 0.15) is 11.5 Å². The normalized spacial score (nSPS) is 13.7. The van der Waals surface area contributed by atoms with Crippen molar-refractivity contribution in [2.45, 2.75) is 19.4 Å². The summed E-state index contributed by atoms with van der Waals surface area (Å²) >= 11 is 0. The van der Waals surface area contributed by atoms with E-state index >= 15 is 0 Å². The largest absolute Gasteiger partial charge is 0.347 e. The fourth-order valence-corrected chi connectivity index (χ4v) is 3.35. The first-order chi connectivity index (χ1) is 14.0. The molecule has 0 saturated carbocycles. The second kappa shape index (κ2) is 7.83. The summed E-state index contributed by atoms with van der Waals surface area (Å²) < 4.78 is 14.6. The van der Waals surface area contributed by atoms with Gasteiger partial charge in [-0.2, -0.15) is 5.10 Å². The number of anilines is 1. The van der Waals surface area contributed by atoms with Gasteiger partial charge >= 0.3 is 0 Å². The first-order valence-corrected chi connectivity index (χ1v) is 9.34. The maximum absolute atomic E-state index is 13.1. The molecular formula is C21H20FN5O2. The average molecular weight is 393 g/mol. The van der Waals surface area contributed by atoms with Gasteiger partial charge in [0.15, 0.2) is 0 Å². The topological polar surface area (TPSA) is 80.1 Å². The Hall–Kier alpha value is -3.55. The molecule has 148 valence electrons. The minimum atomic E-state index is -0.325. The summed E-state index contributed by atoms with van der Waals surface area (Å²) in [7, 11) is 1.68. The summed E-state index contributed by atoms with van der Waals surface area (Å²) in [6.45, 7) is 0.969. The van der Waals surface area contributed by atoms with Crippen molar-refractivity contribution in [1.29, 1.82) is 0 Å². The molecule has 4 rings (SSSR count). The average Bonchev–Trinajstić information content (AvgIpc) is 3.32. The van der Waals surface area contributed by atoms with Crippen molar-refractivity contribution in [3.8, 4) is 11.3 Å². The molecule has 3 heterocycles. The summed E-state index contributed by atoms with van der Waals surface area (Å²) in [5, 5.41) is 7.19. The molecule has 2 aromatic heterocycles. The number of nitrogens with one attached hydrogen (secondary N) is 1. The van der Waals surface area contributed by atoms with Crippen LogP contribution in [-0.2, 0) is 18.4 Å². The van der Waals surface area contributed by atoms with E-state index in [4.69, 9.17) is 0 Å². The Morgan fingerprint density at radius 3 is 2.72 bits per heavy atom. The third-order valence-corrected chi connectivity index (χ3v) is 4.87. The zero-order chi connectivity index (χ0) is 20.4. The molecular weight excluding hydrogens is 373 g/mol. The van der Waals surface area contributed by atoms with E-state index in [9.17, 15) is 14.0 Å². The van der Waals surface area contributed by atoms with Gasteiger partial charge in [0.2, 0.25) is 5.91 Å². The maximum Gasteiger partial charge on any atom is 0.269 e. The fourth-order valence-electron chi connectivity index (χ4n) is 3.35. The lowest BCUT2D eigenvalue weighted by Crippen LogP contribution is -2.26. The third kappa shape index (κ3) is 4.01. The minimum absolute atomic E-state index is 0.0937. The van der Waals surface area contributed by atoms with E-state index in [0.29, 0.717) is 24.4 Å². The standard InChI is InChI=1S/C21H20FN5O2/c1-26-19(10-18(25-26)15-4-6-16(22)7-5-15)21(29)24-12-14-9-17(13-23-11-14)27-8-2-3-20(27)28/h4-7,9-11,13H,2-3,8,12H2,1H3,(H,24,29).